The molecular weight excluding hydrogens is 254 g/mol. The zero-order chi connectivity index (χ0) is 12.3. The third-order valence-corrected chi connectivity index (χ3v) is 3.26. The van der Waals surface area contributed by atoms with Crippen molar-refractivity contribution in [2.75, 3.05) is 5.32 Å². The van der Waals surface area contributed by atoms with Gasteiger partial charge in [0.15, 0.2) is 5.82 Å². The number of thiazole rings is 1. The van der Waals surface area contributed by atoms with Crippen molar-refractivity contribution in [1.29, 1.82) is 0 Å². The summed E-state index contributed by atoms with van der Waals surface area (Å²) >= 11 is 6.50. The second-order valence-corrected chi connectivity index (χ2v) is 4.72. The van der Waals surface area contributed by atoms with Crippen LogP contribution in [0.5, 0.6) is 0 Å². The van der Waals surface area contributed by atoms with E-state index in [4.69, 9.17) is 18.0 Å². The van der Waals surface area contributed by atoms with Crippen molar-refractivity contribution in [2.24, 2.45) is 5.73 Å². The van der Waals surface area contributed by atoms with Gasteiger partial charge in [-0.3, -0.25) is 0 Å². The Labute approximate surface area is 108 Å². The highest BCUT2D eigenvalue weighted by Gasteiger charge is 2.13. The van der Waals surface area contributed by atoms with Gasteiger partial charge in [-0.1, -0.05) is 12.2 Å². The number of nitrogens with two attached hydrogens (primary N) is 1. The number of aromatic nitrogens is 3. The van der Waals surface area contributed by atoms with Gasteiger partial charge < -0.3 is 11.1 Å². The number of rotatable bonds is 4. The molecule has 2 heterocycles. The van der Waals surface area contributed by atoms with Gasteiger partial charge in [-0.25, -0.2) is 15.0 Å². The predicted molar refractivity (Wildman–Crippen MR) is 72.1 cm³/mol. The van der Waals surface area contributed by atoms with Crippen LogP contribution in [0.3, 0.4) is 0 Å². The number of hydrogen-bond acceptors (Lipinski definition) is 6. The lowest BCUT2D eigenvalue weighted by atomic mass is 10.3. The molecule has 88 valence electrons. The molecule has 0 radical (unpaired) electrons. The Kier molecular flexibility index (Phi) is 3.60. The first-order valence-corrected chi connectivity index (χ1v) is 6.24. The SMILES string of the molecule is CC(Nc1nccnc1C(N)=S)c1nccs1. The molecule has 0 saturated heterocycles. The van der Waals surface area contributed by atoms with Crippen molar-refractivity contribution >= 4 is 34.4 Å². The van der Waals surface area contributed by atoms with Crippen LogP contribution in [0.25, 0.3) is 0 Å². The van der Waals surface area contributed by atoms with Gasteiger partial charge in [0, 0.05) is 24.0 Å². The second-order valence-electron chi connectivity index (χ2n) is 3.35. The molecule has 0 aliphatic rings. The van der Waals surface area contributed by atoms with E-state index in [2.05, 4.69) is 20.3 Å². The van der Waals surface area contributed by atoms with E-state index < -0.39 is 0 Å². The van der Waals surface area contributed by atoms with Crippen molar-refractivity contribution in [3.63, 3.8) is 0 Å². The first-order valence-electron chi connectivity index (χ1n) is 4.95. The standard InChI is InChI=1S/C10H11N5S2/c1-6(10-14-4-5-17-10)15-9-7(8(11)16)12-2-3-13-9/h2-6H,1H3,(H2,11,16)(H,13,15). The second kappa shape index (κ2) is 5.15. The Bertz CT molecular complexity index is 511. The molecule has 0 bridgehead atoms. The Hall–Kier alpha value is -1.60. The summed E-state index contributed by atoms with van der Waals surface area (Å²) in [5, 5.41) is 6.11. The van der Waals surface area contributed by atoms with Crippen molar-refractivity contribution in [3.05, 3.63) is 34.7 Å². The van der Waals surface area contributed by atoms with Crippen molar-refractivity contribution in [2.45, 2.75) is 13.0 Å². The van der Waals surface area contributed by atoms with Crippen LogP contribution in [0, 0.1) is 0 Å². The average Bonchev–Trinajstić information content (AvgIpc) is 2.83. The van der Waals surface area contributed by atoms with E-state index in [0.29, 0.717) is 11.5 Å². The van der Waals surface area contributed by atoms with Gasteiger partial charge in [-0.15, -0.1) is 11.3 Å². The van der Waals surface area contributed by atoms with Gasteiger partial charge in [-0.05, 0) is 6.92 Å². The minimum Gasteiger partial charge on any atom is -0.388 e. The minimum atomic E-state index is 0.0415. The molecule has 5 nitrogen and oxygen atoms in total. The fourth-order valence-corrected chi connectivity index (χ4v) is 2.13. The number of thiocarbonyl (C=S) groups is 1. The molecule has 0 spiro atoms. The van der Waals surface area contributed by atoms with Gasteiger partial charge >= 0.3 is 0 Å². The van der Waals surface area contributed by atoms with Gasteiger partial charge in [-0.2, -0.15) is 0 Å². The average molecular weight is 265 g/mol. The van der Waals surface area contributed by atoms with E-state index >= 15 is 0 Å². The maximum absolute atomic E-state index is 5.58. The van der Waals surface area contributed by atoms with Crippen LogP contribution in [0.15, 0.2) is 24.0 Å². The van der Waals surface area contributed by atoms with E-state index in [-0.39, 0.29) is 11.0 Å². The molecule has 2 aromatic rings. The van der Waals surface area contributed by atoms with Crippen LogP contribution in [0.4, 0.5) is 5.82 Å². The lowest BCUT2D eigenvalue weighted by molar-refractivity contribution is 0.857. The maximum atomic E-state index is 5.58. The fraction of sp³-hybridized carbons (Fsp3) is 0.200. The lowest BCUT2D eigenvalue weighted by Crippen LogP contribution is -2.17. The van der Waals surface area contributed by atoms with Gasteiger partial charge in [0.05, 0.1) is 6.04 Å². The summed E-state index contributed by atoms with van der Waals surface area (Å²) < 4.78 is 0. The molecule has 1 atom stereocenters. The first-order chi connectivity index (χ1) is 8.18. The molecule has 7 heteroatoms. The molecule has 0 aliphatic carbocycles. The van der Waals surface area contributed by atoms with Crippen LogP contribution in [-0.2, 0) is 0 Å². The van der Waals surface area contributed by atoms with Gasteiger partial charge in [0.25, 0.3) is 0 Å². The molecule has 0 saturated carbocycles. The number of nitrogens with zero attached hydrogens (tertiary/aromatic N) is 3. The molecule has 0 fully saturated rings. The Morgan fingerprint density at radius 1 is 1.35 bits per heavy atom. The summed E-state index contributed by atoms with van der Waals surface area (Å²) in [6, 6.07) is 0.0415. The molecule has 0 aromatic carbocycles. The van der Waals surface area contributed by atoms with E-state index in [1.54, 1.807) is 29.9 Å². The minimum absolute atomic E-state index is 0.0415. The summed E-state index contributed by atoms with van der Waals surface area (Å²) in [6.07, 6.45) is 4.93. The smallest absolute Gasteiger partial charge is 0.155 e. The molecule has 1 unspecified atom stereocenters. The van der Waals surface area contributed by atoms with Crippen LogP contribution < -0.4 is 11.1 Å². The number of hydrogen-bond donors (Lipinski definition) is 2. The molecular formula is C10H11N5S2. The van der Waals surface area contributed by atoms with Crippen LogP contribution in [0.1, 0.15) is 23.7 Å². The van der Waals surface area contributed by atoms with E-state index in [1.807, 2.05) is 12.3 Å². The Balaban J connectivity index is 2.21. The van der Waals surface area contributed by atoms with Crippen LogP contribution >= 0.6 is 23.6 Å². The topological polar surface area (TPSA) is 76.7 Å². The fourth-order valence-electron chi connectivity index (χ4n) is 1.34. The summed E-state index contributed by atoms with van der Waals surface area (Å²) in [5.74, 6) is 0.586. The number of anilines is 1. The molecule has 17 heavy (non-hydrogen) atoms. The quantitative estimate of drug-likeness (QED) is 0.820. The van der Waals surface area contributed by atoms with E-state index in [9.17, 15) is 0 Å². The number of nitrogens with one attached hydrogen (secondary N) is 1. The summed E-state index contributed by atoms with van der Waals surface area (Å²) in [6.45, 7) is 2.00. The van der Waals surface area contributed by atoms with Crippen LogP contribution in [0.2, 0.25) is 0 Å². The Morgan fingerprint density at radius 2 is 2.12 bits per heavy atom. The van der Waals surface area contributed by atoms with Gasteiger partial charge in [0.2, 0.25) is 0 Å². The summed E-state index contributed by atoms with van der Waals surface area (Å²) in [7, 11) is 0. The van der Waals surface area contributed by atoms with Gasteiger partial charge in [0.1, 0.15) is 15.7 Å². The van der Waals surface area contributed by atoms with Crippen molar-refractivity contribution in [1.82, 2.24) is 15.0 Å². The van der Waals surface area contributed by atoms with E-state index in [1.165, 1.54) is 0 Å². The monoisotopic (exact) mass is 265 g/mol. The van der Waals surface area contributed by atoms with Crippen molar-refractivity contribution in [3.8, 4) is 0 Å². The predicted octanol–water partition coefficient (Wildman–Crippen LogP) is 1.74. The first kappa shape index (κ1) is 11.9. The summed E-state index contributed by atoms with van der Waals surface area (Å²) in [4.78, 5) is 12.7. The third kappa shape index (κ3) is 2.75. The molecule has 2 aromatic heterocycles. The zero-order valence-electron chi connectivity index (χ0n) is 9.12. The lowest BCUT2D eigenvalue weighted by Gasteiger charge is -2.13. The maximum Gasteiger partial charge on any atom is 0.155 e. The highest BCUT2D eigenvalue weighted by atomic mass is 32.1. The molecule has 3 N–H and O–H groups in total. The molecule has 0 amide bonds. The third-order valence-electron chi connectivity index (χ3n) is 2.11. The normalized spacial score (nSPS) is 12.1. The van der Waals surface area contributed by atoms with Crippen molar-refractivity contribution < 1.29 is 0 Å². The zero-order valence-corrected chi connectivity index (χ0v) is 10.8. The van der Waals surface area contributed by atoms with E-state index in [0.717, 1.165) is 5.01 Å². The van der Waals surface area contributed by atoms with Crippen LogP contribution in [-0.4, -0.2) is 19.9 Å². The highest BCUT2D eigenvalue weighted by Crippen LogP contribution is 2.20. The highest BCUT2D eigenvalue weighted by molar-refractivity contribution is 7.80. The Morgan fingerprint density at radius 3 is 2.76 bits per heavy atom. The molecule has 0 aliphatic heterocycles. The molecule has 2 rings (SSSR count). The largest absolute Gasteiger partial charge is 0.388 e. The summed E-state index contributed by atoms with van der Waals surface area (Å²) in [5.41, 5.74) is 6.09.